The minimum atomic E-state index is -3.81. The van der Waals surface area contributed by atoms with Crippen LogP contribution < -0.4 is 0 Å². The molecule has 100 valence electrons. The van der Waals surface area contributed by atoms with E-state index in [-0.39, 0.29) is 4.90 Å². The highest BCUT2D eigenvalue weighted by atomic mass is 32.2. The molecule has 0 aliphatic rings. The smallest absolute Gasteiger partial charge is 0.324 e. The van der Waals surface area contributed by atoms with Gasteiger partial charge in [-0.05, 0) is 38.5 Å². The number of benzene rings is 1. The van der Waals surface area contributed by atoms with Crippen molar-refractivity contribution in [1.82, 2.24) is 4.31 Å². The van der Waals surface area contributed by atoms with E-state index in [9.17, 15) is 13.2 Å². The van der Waals surface area contributed by atoms with Crippen molar-refractivity contribution < 1.29 is 18.3 Å². The van der Waals surface area contributed by atoms with Crippen LogP contribution in [0.25, 0.3) is 0 Å². The van der Waals surface area contributed by atoms with Crippen LogP contribution >= 0.6 is 0 Å². The average molecular weight is 271 g/mol. The maximum absolute atomic E-state index is 12.3. The highest BCUT2D eigenvalue weighted by Gasteiger charge is 2.39. The van der Waals surface area contributed by atoms with Gasteiger partial charge in [-0.25, -0.2) is 8.42 Å². The summed E-state index contributed by atoms with van der Waals surface area (Å²) in [5.74, 6) is -1.19. The number of aryl methyl sites for hydroxylation is 1. The number of hydrogen-bond acceptors (Lipinski definition) is 3. The van der Waals surface area contributed by atoms with Gasteiger partial charge in [-0.2, -0.15) is 4.31 Å². The van der Waals surface area contributed by atoms with Crippen molar-refractivity contribution in [2.24, 2.45) is 0 Å². The molecular formula is C12H17NO4S. The molecule has 1 N–H and O–H groups in total. The van der Waals surface area contributed by atoms with Gasteiger partial charge in [-0.15, -0.1) is 0 Å². The number of carboxylic acid groups (broad SMARTS) is 1. The van der Waals surface area contributed by atoms with Crippen LogP contribution in [0.4, 0.5) is 0 Å². The van der Waals surface area contributed by atoms with Gasteiger partial charge in [0.15, 0.2) is 0 Å². The Morgan fingerprint density at radius 2 is 1.89 bits per heavy atom. The predicted molar refractivity (Wildman–Crippen MR) is 67.8 cm³/mol. The Morgan fingerprint density at radius 3 is 2.33 bits per heavy atom. The third-order valence-corrected chi connectivity index (χ3v) is 4.99. The molecule has 1 rings (SSSR count). The number of aliphatic carboxylic acids is 1. The predicted octanol–water partition coefficient (Wildman–Crippen LogP) is 1.48. The quantitative estimate of drug-likeness (QED) is 0.900. The summed E-state index contributed by atoms with van der Waals surface area (Å²) in [5.41, 5.74) is -0.694. The molecule has 0 amide bonds. The lowest BCUT2D eigenvalue weighted by Gasteiger charge is -2.30. The Kier molecular flexibility index (Phi) is 3.83. The summed E-state index contributed by atoms with van der Waals surface area (Å²) in [4.78, 5) is 11.2. The van der Waals surface area contributed by atoms with E-state index in [0.29, 0.717) is 0 Å². The van der Waals surface area contributed by atoms with Crippen molar-refractivity contribution in [2.45, 2.75) is 31.2 Å². The summed E-state index contributed by atoms with van der Waals surface area (Å²) in [6, 6.07) is 6.38. The van der Waals surface area contributed by atoms with Gasteiger partial charge < -0.3 is 5.11 Å². The first-order valence-corrected chi connectivity index (χ1v) is 6.83. The number of rotatable bonds is 4. The maximum atomic E-state index is 12.3. The first-order valence-electron chi connectivity index (χ1n) is 5.39. The van der Waals surface area contributed by atoms with Crippen LogP contribution in [0.3, 0.4) is 0 Å². The lowest BCUT2D eigenvalue weighted by molar-refractivity contribution is -0.145. The van der Waals surface area contributed by atoms with E-state index in [0.717, 1.165) is 9.87 Å². The summed E-state index contributed by atoms with van der Waals surface area (Å²) < 4.78 is 25.5. The van der Waals surface area contributed by atoms with Gasteiger partial charge in [0.05, 0.1) is 4.90 Å². The molecular weight excluding hydrogens is 254 g/mol. The minimum absolute atomic E-state index is 0.0966. The lowest BCUT2D eigenvalue weighted by atomic mass is 10.1. The Labute approximate surface area is 107 Å². The van der Waals surface area contributed by atoms with Crippen LogP contribution in [0, 0.1) is 6.92 Å². The van der Waals surface area contributed by atoms with Gasteiger partial charge >= 0.3 is 5.97 Å². The van der Waals surface area contributed by atoms with Gasteiger partial charge in [0.25, 0.3) is 0 Å². The summed E-state index contributed by atoms with van der Waals surface area (Å²) in [5, 5.41) is 9.07. The van der Waals surface area contributed by atoms with E-state index in [1.165, 1.54) is 33.0 Å². The fraction of sp³-hybridized carbons (Fsp3) is 0.417. The number of nitrogens with zero attached hydrogens (tertiary/aromatic N) is 1. The highest BCUT2D eigenvalue weighted by molar-refractivity contribution is 7.89. The summed E-state index contributed by atoms with van der Waals surface area (Å²) in [6.07, 6.45) is 0. The largest absolute Gasteiger partial charge is 0.480 e. The Hall–Kier alpha value is -1.40. The molecule has 5 nitrogen and oxygen atoms in total. The van der Waals surface area contributed by atoms with Crippen LogP contribution in [0.15, 0.2) is 29.2 Å². The van der Waals surface area contributed by atoms with E-state index in [4.69, 9.17) is 5.11 Å². The van der Waals surface area contributed by atoms with Crippen LogP contribution in [0.5, 0.6) is 0 Å². The molecule has 0 bridgehead atoms. The van der Waals surface area contributed by atoms with Crippen molar-refractivity contribution >= 4 is 16.0 Å². The second-order valence-electron chi connectivity index (χ2n) is 4.65. The lowest BCUT2D eigenvalue weighted by Crippen LogP contribution is -2.50. The minimum Gasteiger partial charge on any atom is -0.480 e. The highest BCUT2D eigenvalue weighted by Crippen LogP contribution is 2.23. The van der Waals surface area contributed by atoms with Gasteiger partial charge in [0.1, 0.15) is 5.54 Å². The normalized spacial score (nSPS) is 12.7. The van der Waals surface area contributed by atoms with Crippen LogP contribution in [-0.4, -0.2) is 36.4 Å². The van der Waals surface area contributed by atoms with E-state index < -0.39 is 21.5 Å². The number of sulfonamides is 1. The maximum Gasteiger partial charge on any atom is 0.324 e. The SMILES string of the molecule is Cc1cccc(S(=O)(=O)N(C)C(C)(C)C(=O)O)c1. The third kappa shape index (κ3) is 2.54. The van der Waals surface area contributed by atoms with Gasteiger partial charge in [0.2, 0.25) is 10.0 Å². The molecule has 0 atom stereocenters. The first kappa shape index (κ1) is 14.7. The molecule has 0 fully saturated rings. The van der Waals surface area contributed by atoms with E-state index in [2.05, 4.69) is 0 Å². The fourth-order valence-corrected chi connectivity index (χ4v) is 2.95. The number of hydrogen-bond donors (Lipinski definition) is 1. The zero-order chi connectivity index (χ0) is 14.1. The Bertz CT molecular complexity index is 563. The molecule has 0 radical (unpaired) electrons. The second-order valence-corrected chi connectivity index (χ2v) is 6.62. The molecule has 0 saturated carbocycles. The molecule has 0 aromatic heterocycles. The van der Waals surface area contributed by atoms with Gasteiger partial charge in [-0.3, -0.25) is 4.79 Å². The van der Waals surface area contributed by atoms with E-state index in [1.807, 2.05) is 0 Å². The summed E-state index contributed by atoms with van der Waals surface area (Å²) in [6.45, 7) is 4.48. The Balaban J connectivity index is 3.28. The van der Waals surface area contributed by atoms with E-state index >= 15 is 0 Å². The van der Waals surface area contributed by atoms with Gasteiger partial charge in [0, 0.05) is 7.05 Å². The van der Waals surface area contributed by atoms with Crippen molar-refractivity contribution in [3.63, 3.8) is 0 Å². The fourth-order valence-electron chi connectivity index (χ4n) is 1.37. The number of carboxylic acids is 1. The molecule has 0 aliphatic carbocycles. The van der Waals surface area contributed by atoms with Crippen molar-refractivity contribution in [3.8, 4) is 0 Å². The van der Waals surface area contributed by atoms with Gasteiger partial charge in [-0.1, -0.05) is 12.1 Å². The number of likely N-dealkylation sites (N-methyl/N-ethyl adjacent to an activating group) is 1. The van der Waals surface area contributed by atoms with E-state index in [1.54, 1.807) is 19.1 Å². The van der Waals surface area contributed by atoms with Crippen molar-refractivity contribution in [3.05, 3.63) is 29.8 Å². The number of carbonyl (C=O) groups is 1. The van der Waals surface area contributed by atoms with Crippen molar-refractivity contribution in [1.29, 1.82) is 0 Å². The van der Waals surface area contributed by atoms with Crippen LogP contribution in [0.2, 0.25) is 0 Å². The monoisotopic (exact) mass is 271 g/mol. The molecule has 6 heteroatoms. The summed E-state index contributed by atoms with van der Waals surface area (Å²) in [7, 11) is -2.54. The molecule has 1 aromatic rings. The molecule has 0 aliphatic heterocycles. The second kappa shape index (κ2) is 4.70. The van der Waals surface area contributed by atoms with Crippen molar-refractivity contribution in [2.75, 3.05) is 7.05 Å². The standard InChI is InChI=1S/C12H17NO4S/c1-9-6-5-7-10(8-9)18(16,17)13(4)12(2,3)11(14)15/h5-8H,1-4H3,(H,14,15). The van der Waals surface area contributed by atoms with Crippen LogP contribution in [0.1, 0.15) is 19.4 Å². The molecule has 0 spiro atoms. The topological polar surface area (TPSA) is 74.7 Å². The van der Waals surface area contributed by atoms with Crippen LogP contribution in [-0.2, 0) is 14.8 Å². The molecule has 1 aromatic carbocycles. The molecule has 18 heavy (non-hydrogen) atoms. The molecule has 0 saturated heterocycles. The Morgan fingerprint density at radius 1 is 1.33 bits per heavy atom. The third-order valence-electron chi connectivity index (χ3n) is 2.96. The first-order chi connectivity index (χ1) is 8.10. The zero-order valence-electron chi connectivity index (χ0n) is 10.8. The summed E-state index contributed by atoms with van der Waals surface area (Å²) >= 11 is 0. The average Bonchev–Trinajstić information content (AvgIpc) is 2.27. The zero-order valence-corrected chi connectivity index (χ0v) is 11.7. The molecule has 0 heterocycles. The molecule has 0 unspecified atom stereocenters.